The van der Waals surface area contributed by atoms with Crippen molar-refractivity contribution in [3.8, 4) is 0 Å². The van der Waals surface area contributed by atoms with Crippen LogP contribution in [0.2, 0.25) is 0 Å². The molecule has 0 amide bonds. The Morgan fingerprint density at radius 1 is 1.33 bits per heavy atom. The Kier molecular flexibility index (Phi) is 5.72. The summed E-state index contributed by atoms with van der Waals surface area (Å²) in [5.74, 6) is 2.59. The summed E-state index contributed by atoms with van der Waals surface area (Å²) in [5.41, 5.74) is 5.85. The topological polar surface area (TPSA) is 71.4 Å². The first-order chi connectivity index (χ1) is 9.99. The van der Waals surface area contributed by atoms with Crippen LogP contribution in [0.4, 0.5) is 0 Å². The molecule has 1 aliphatic rings. The van der Waals surface area contributed by atoms with Crippen LogP contribution in [-0.2, 0) is 6.42 Å². The summed E-state index contributed by atoms with van der Waals surface area (Å²) in [7, 11) is 4.25. The average molecular weight is 295 g/mol. The Labute approximate surface area is 127 Å². The molecule has 2 atom stereocenters. The summed E-state index contributed by atoms with van der Waals surface area (Å²) in [6.07, 6.45) is 1.88. The molecule has 0 bridgehead atoms. The third-order valence-corrected chi connectivity index (χ3v) is 4.23. The Balaban J connectivity index is 2.00. The monoisotopic (exact) mass is 295 g/mol. The van der Waals surface area contributed by atoms with E-state index in [0.717, 1.165) is 44.2 Å². The number of hydrogen-bond acceptors (Lipinski definition) is 6. The maximum atomic E-state index is 5.85. The fourth-order valence-corrected chi connectivity index (χ4v) is 2.95. The van der Waals surface area contributed by atoms with Crippen molar-refractivity contribution >= 4 is 0 Å². The van der Waals surface area contributed by atoms with Crippen molar-refractivity contribution in [3.05, 3.63) is 11.7 Å². The standard InChI is InChI=1S/C15H29N5O/c1-11(2)7-12(9-16)8-14-17-15(18-21-14)13-10-19(3)5-6-20(13)4/h11-13H,5-10,16H2,1-4H3. The normalized spacial score (nSPS) is 22.9. The highest BCUT2D eigenvalue weighted by atomic mass is 16.5. The minimum absolute atomic E-state index is 0.225. The summed E-state index contributed by atoms with van der Waals surface area (Å²) < 4.78 is 5.45. The molecule has 6 nitrogen and oxygen atoms in total. The van der Waals surface area contributed by atoms with E-state index in [2.05, 4.69) is 47.9 Å². The van der Waals surface area contributed by atoms with Crippen molar-refractivity contribution in [2.75, 3.05) is 40.3 Å². The predicted molar refractivity (Wildman–Crippen MR) is 82.9 cm³/mol. The van der Waals surface area contributed by atoms with Crippen molar-refractivity contribution in [2.45, 2.75) is 32.7 Å². The Hall–Kier alpha value is -0.980. The van der Waals surface area contributed by atoms with Gasteiger partial charge in [0.25, 0.3) is 0 Å². The van der Waals surface area contributed by atoms with Gasteiger partial charge in [-0.15, -0.1) is 0 Å². The number of nitrogens with zero attached hydrogens (tertiary/aromatic N) is 4. The van der Waals surface area contributed by atoms with Crippen molar-refractivity contribution in [3.63, 3.8) is 0 Å². The molecule has 2 rings (SSSR count). The van der Waals surface area contributed by atoms with Crippen LogP contribution < -0.4 is 5.73 Å². The minimum atomic E-state index is 0.225. The van der Waals surface area contributed by atoms with E-state index in [1.807, 2.05) is 0 Å². The molecule has 2 heterocycles. The van der Waals surface area contributed by atoms with Gasteiger partial charge in [0.1, 0.15) is 0 Å². The molecule has 1 aromatic heterocycles. The van der Waals surface area contributed by atoms with Gasteiger partial charge in [-0.25, -0.2) is 0 Å². The number of nitrogens with two attached hydrogens (primary N) is 1. The number of rotatable bonds is 6. The van der Waals surface area contributed by atoms with Crippen LogP contribution in [0.5, 0.6) is 0 Å². The first kappa shape index (κ1) is 16.4. The number of aromatic nitrogens is 2. The molecule has 120 valence electrons. The quantitative estimate of drug-likeness (QED) is 0.849. The maximum Gasteiger partial charge on any atom is 0.227 e. The van der Waals surface area contributed by atoms with E-state index in [1.54, 1.807) is 0 Å². The first-order valence-electron chi connectivity index (χ1n) is 7.91. The molecule has 2 N–H and O–H groups in total. The first-order valence-corrected chi connectivity index (χ1v) is 7.91. The van der Waals surface area contributed by atoms with Gasteiger partial charge in [0, 0.05) is 26.1 Å². The van der Waals surface area contributed by atoms with Gasteiger partial charge in [0.2, 0.25) is 5.89 Å². The van der Waals surface area contributed by atoms with Gasteiger partial charge in [-0.2, -0.15) is 4.98 Å². The van der Waals surface area contributed by atoms with Crippen molar-refractivity contribution in [1.29, 1.82) is 0 Å². The van der Waals surface area contributed by atoms with Crippen LogP contribution in [0, 0.1) is 11.8 Å². The summed E-state index contributed by atoms with van der Waals surface area (Å²) >= 11 is 0. The predicted octanol–water partition coefficient (Wildman–Crippen LogP) is 1.15. The Morgan fingerprint density at radius 2 is 2.10 bits per heavy atom. The molecule has 0 saturated carbocycles. The summed E-state index contributed by atoms with van der Waals surface area (Å²) in [4.78, 5) is 9.21. The second-order valence-electron chi connectivity index (χ2n) is 6.74. The van der Waals surface area contributed by atoms with Gasteiger partial charge in [-0.3, -0.25) is 4.90 Å². The number of hydrogen-bond donors (Lipinski definition) is 1. The molecule has 21 heavy (non-hydrogen) atoms. The lowest BCUT2D eigenvalue weighted by molar-refractivity contribution is 0.108. The highest BCUT2D eigenvalue weighted by Gasteiger charge is 2.28. The van der Waals surface area contributed by atoms with Gasteiger partial charge in [-0.05, 0) is 38.9 Å². The van der Waals surface area contributed by atoms with Crippen LogP contribution in [0.15, 0.2) is 4.52 Å². The lowest BCUT2D eigenvalue weighted by Gasteiger charge is -2.35. The summed E-state index contributed by atoms with van der Waals surface area (Å²) in [5, 5.41) is 4.20. The molecule has 1 aromatic rings. The molecule has 6 heteroatoms. The van der Waals surface area contributed by atoms with E-state index < -0.39 is 0 Å². The molecule has 1 saturated heterocycles. The molecule has 0 radical (unpaired) electrons. The van der Waals surface area contributed by atoms with Crippen LogP contribution in [-0.4, -0.2) is 60.2 Å². The second-order valence-corrected chi connectivity index (χ2v) is 6.74. The molecule has 1 fully saturated rings. The molecule has 0 aliphatic carbocycles. The molecule has 1 aliphatic heterocycles. The van der Waals surface area contributed by atoms with Crippen LogP contribution >= 0.6 is 0 Å². The van der Waals surface area contributed by atoms with E-state index in [-0.39, 0.29) is 6.04 Å². The van der Waals surface area contributed by atoms with Gasteiger partial charge in [0.05, 0.1) is 6.04 Å². The number of piperazine rings is 1. The average Bonchev–Trinajstić information content (AvgIpc) is 2.88. The second kappa shape index (κ2) is 7.33. The van der Waals surface area contributed by atoms with E-state index in [1.165, 1.54) is 0 Å². The third-order valence-electron chi connectivity index (χ3n) is 4.23. The fraction of sp³-hybridized carbons (Fsp3) is 0.867. The van der Waals surface area contributed by atoms with Crippen LogP contribution in [0.1, 0.15) is 38.0 Å². The van der Waals surface area contributed by atoms with E-state index >= 15 is 0 Å². The Morgan fingerprint density at radius 3 is 2.76 bits per heavy atom. The number of likely N-dealkylation sites (N-methyl/N-ethyl adjacent to an activating group) is 2. The molecular formula is C15H29N5O. The van der Waals surface area contributed by atoms with Crippen LogP contribution in [0.3, 0.4) is 0 Å². The lowest BCUT2D eigenvalue weighted by atomic mass is 9.94. The van der Waals surface area contributed by atoms with Gasteiger partial charge in [0.15, 0.2) is 5.82 Å². The van der Waals surface area contributed by atoms with E-state index in [9.17, 15) is 0 Å². The largest absolute Gasteiger partial charge is 0.339 e. The molecular weight excluding hydrogens is 266 g/mol. The molecule has 0 aromatic carbocycles. The van der Waals surface area contributed by atoms with E-state index in [0.29, 0.717) is 18.4 Å². The maximum absolute atomic E-state index is 5.85. The molecule has 2 unspecified atom stereocenters. The van der Waals surface area contributed by atoms with Crippen molar-refractivity contribution in [2.24, 2.45) is 17.6 Å². The highest BCUT2D eigenvalue weighted by molar-refractivity contribution is 4.98. The van der Waals surface area contributed by atoms with Gasteiger partial charge < -0.3 is 15.2 Å². The zero-order chi connectivity index (χ0) is 15.4. The summed E-state index contributed by atoms with van der Waals surface area (Å²) in [6, 6.07) is 0.225. The Bertz CT molecular complexity index is 433. The van der Waals surface area contributed by atoms with Crippen molar-refractivity contribution in [1.82, 2.24) is 19.9 Å². The fourth-order valence-electron chi connectivity index (χ4n) is 2.95. The minimum Gasteiger partial charge on any atom is -0.339 e. The highest BCUT2D eigenvalue weighted by Crippen LogP contribution is 2.22. The zero-order valence-electron chi connectivity index (χ0n) is 13.7. The van der Waals surface area contributed by atoms with Crippen molar-refractivity contribution < 1.29 is 4.52 Å². The molecule has 0 spiro atoms. The van der Waals surface area contributed by atoms with E-state index in [4.69, 9.17) is 10.3 Å². The van der Waals surface area contributed by atoms with Crippen LogP contribution in [0.25, 0.3) is 0 Å². The van der Waals surface area contributed by atoms with Gasteiger partial charge >= 0.3 is 0 Å². The smallest absolute Gasteiger partial charge is 0.227 e. The SMILES string of the molecule is CC(C)CC(CN)Cc1nc(C2CN(C)CCN2C)no1. The zero-order valence-corrected chi connectivity index (χ0v) is 13.7. The summed E-state index contributed by atoms with van der Waals surface area (Å²) in [6.45, 7) is 8.17. The lowest BCUT2D eigenvalue weighted by Crippen LogP contribution is -2.45. The van der Waals surface area contributed by atoms with Gasteiger partial charge in [-0.1, -0.05) is 19.0 Å². The third kappa shape index (κ3) is 4.49.